The zero-order valence-electron chi connectivity index (χ0n) is 11.7. The van der Waals surface area contributed by atoms with E-state index in [9.17, 15) is 13.2 Å². The summed E-state index contributed by atoms with van der Waals surface area (Å²) in [5.74, 6) is -3.76. The molecule has 1 aliphatic rings. The summed E-state index contributed by atoms with van der Waals surface area (Å²) < 4.78 is 39.7. The van der Waals surface area contributed by atoms with Crippen molar-refractivity contribution < 1.29 is 13.2 Å². The summed E-state index contributed by atoms with van der Waals surface area (Å²) in [6.45, 7) is 2.67. The van der Waals surface area contributed by atoms with Gasteiger partial charge in [0.05, 0.1) is 0 Å². The van der Waals surface area contributed by atoms with Crippen molar-refractivity contribution in [3.8, 4) is 11.1 Å². The van der Waals surface area contributed by atoms with Crippen LogP contribution in [-0.2, 0) is 6.54 Å². The molecule has 0 atom stereocenters. The van der Waals surface area contributed by atoms with E-state index in [4.69, 9.17) is 0 Å². The summed E-state index contributed by atoms with van der Waals surface area (Å²) in [4.78, 5) is 0. The van der Waals surface area contributed by atoms with Crippen LogP contribution in [0.15, 0.2) is 30.3 Å². The van der Waals surface area contributed by atoms with Crippen molar-refractivity contribution in [3.05, 3.63) is 58.9 Å². The first-order valence-electron chi connectivity index (χ1n) is 7.02. The van der Waals surface area contributed by atoms with Gasteiger partial charge < -0.3 is 5.32 Å². The summed E-state index contributed by atoms with van der Waals surface area (Å²) in [5, 5.41) is 3.42. The van der Waals surface area contributed by atoms with Gasteiger partial charge in [0.15, 0.2) is 17.5 Å². The summed E-state index contributed by atoms with van der Waals surface area (Å²) in [6, 6.07) is 8.43. The SMILES string of the molecule is Cc1cc(CNC2CC2)ccc1-c1cc(F)c(F)c(F)c1. The molecule has 2 aromatic carbocycles. The fourth-order valence-corrected chi connectivity index (χ4v) is 2.42. The Morgan fingerprint density at radius 1 is 1.05 bits per heavy atom. The van der Waals surface area contributed by atoms with Crippen LogP contribution in [0.2, 0.25) is 0 Å². The van der Waals surface area contributed by atoms with Gasteiger partial charge >= 0.3 is 0 Å². The molecule has 4 heteroatoms. The molecule has 3 rings (SSSR count). The molecule has 0 aliphatic heterocycles. The number of hydrogen-bond acceptors (Lipinski definition) is 1. The van der Waals surface area contributed by atoms with Crippen LogP contribution < -0.4 is 5.32 Å². The number of aryl methyl sites for hydroxylation is 1. The Bertz CT molecular complexity index is 655. The van der Waals surface area contributed by atoms with E-state index in [1.165, 1.54) is 12.8 Å². The van der Waals surface area contributed by atoms with Crippen LogP contribution in [0, 0.1) is 24.4 Å². The molecule has 0 bridgehead atoms. The van der Waals surface area contributed by atoms with E-state index in [0.29, 0.717) is 17.2 Å². The predicted octanol–water partition coefficient (Wildman–Crippen LogP) is 4.33. The molecule has 21 heavy (non-hydrogen) atoms. The van der Waals surface area contributed by atoms with Gasteiger partial charge in [0.2, 0.25) is 0 Å². The highest BCUT2D eigenvalue weighted by Gasteiger charge is 2.20. The van der Waals surface area contributed by atoms with Crippen molar-refractivity contribution in [2.24, 2.45) is 0 Å². The standard InChI is InChI=1S/C17H16F3N/c1-10-6-11(9-21-13-3-4-13)2-5-14(10)12-7-15(18)17(20)16(19)8-12/h2,5-8,13,21H,3-4,9H2,1H3. The van der Waals surface area contributed by atoms with Crippen molar-refractivity contribution in [3.63, 3.8) is 0 Å². The van der Waals surface area contributed by atoms with Crippen LogP contribution in [0.4, 0.5) is 13.2 Å². The minimum atomic E-state index is -1.43. The Kier molecular flexibility index (Phi) is 3.72. The maximum atomic E-state index is 13.3. The van der Waals surface area contributed by atoms with Crippen LogP contribution in [0.1, 0.15) is 24.0 Å². The Balaban J connectivity index is 1.87. The monoisotopic (exact) mass is 291 g/mol. The van der Waals surface area contributed by atoms with E-state index in [1.54, 1.807) is 0 Å². The molecule has 1 aliphatic carbocycles. The molecular weight excluding hydrogens is 275 g/mol. The van der Waals surface area contributed by atoms with Gasteiger partial charge in [0.1, 0.15) is 0 Å². The predicted molar refractivity (Wildman–Crippen MR) is 76.4 cm³/mol. The quantitative estimate of drug-likeness (QED) is 0.827. The Morgan fingerprint density at radius 3 is 2.29 bits per heavy atom. The van der Waals surface area contributed by atoms with E-state index >= 15 is 0 Å². The van der Waals surface area contributed by atoms with Gasteiger partial charge in [-0.1, -0.05) is 18.2 Å². The number of rotatable bonds is 4. The van der Waals surface area contributed by atoms with Crippen LogP contribution in [-0.4, -0.2) is 6.04 Å². The molecule has 0 amide bonds. The first-order valence-corrected chi connectivity index (χ1v) is 7.02. The van der Waals surface area contributed by atoms with Crippen molar-refractivity contribution in [1.29, 1.82) is 0 Å². The minimum Gasteiger partial charge on any atom is -0.310 e. The fraction of sp³-hybridized carbons (Fsp3) is 0.294. The average Bonchev–Trinajstić information content (AvgIpc) is 3.26. The lowest BCUT2D eigenvalue weighted by Crippen LogP contribution is -2.15. The van der Waals surface area contributed by atoms with Crippen LogP contribution in [0.5, 0.6) is 0 Å². The molecule has 0 saturated heterocycles. The second kappa shape index (κ2) is 5.53. The number of benzene rings is 2. The lowest BCUT2D eigenvalue weighted by Gasteiger charge is -2.10. The minimum absolute atomic E-state index is 0.352. The Morgan fingerprint density at radius 2 is 1.71 bits per heavy atom. The van der Waals surface area contributed by atoms with E-state index in [0.717, 1.165) is 29.8 Å². The van der Waals surface area contributed by atoms with E-state index in [1.807, 2.05) is 25.1 Å². The third-order valence-electron chi connectivity index (χ3n) is 3.76. The van der Waals surface area contributed by atoms with E-state index < -0.39 is 17.5 Å². The topological polar surface area (TPSA) is 12.0 Å². The van der Waals surface area contributed by atoms with Gasteiger partial charge in [-0.05, 0) is 54.2 Å². The molecule has 1 fully saturated rings. The molecule has 2 aromatic rings. The molecule has 0 heterocycles. The third kappa shape index (κ3) is 3.10. The van der Waals surface area contributed by atoms with Crippen LogP contribution >= 0.6 is 0 Å². The molecule has 1 saturated carbocycles. The lowest BCUT2D eigenvalue weighted by atomic mass is 9.98. The van der Waals surface area contributed by atoms with Gasteiger partial charge in [-0.15, -0.1) is 0 Å². The summed E-state index contributed by atoms with van der Waals surface area (Å²) in [5.41, 5.74) is 3.11. The molecule has 0 unspecified atom stereocenters. The van der Waals surface area contributed by atoms with Crippen molar-refractivity contribution in [2.75, 3.05) is 0 Å². The smallest absolute Gasteiger partial charge is 0.194 e. The molecule has 1 N–H and O–H groups in total. The zero-order chi connectivity index (χ0) is 15.0. The highest BCUT2D eigenvalue weighted by molar-refractivity contribution is 5.67. The third-order valence-corrected chi connectivity index (χ3v) is 3.76. The summed E-state index contributed by atoms with van der Waals surface area (Å²) in [6.07, 6.45) is 2.45. The second-order valence-corrected chi connectivity index (χ2v) is 5.56. The van der Waals surface area contributed by atoms with Gasteiger partial charge in [-0.2, -0.15) is 0 Å². The second-order valence-electron chi connectivity index (χ2n) is 5.56. The number of hydrogen-bond donors (Lipinski definition) is 1. The van der Waals surface area contributed by atoms with Gasteiger partial charge in [0.25, 0.3) is 0 Å². The number of nitrogens with one attached hydrogen (secondary N) is 1. The van der Waals surface area contributed by atoms with Crippen molar-refractivity contribution in [1.82, 2.24) is 5.32 Å². The Labute approximate surface area is 121 Å². The average molecular weight is 291 g/mol. The molecule has 0 spiro atoms. The molecule has 0 aromatic heterocycles. The lowest BCUT2D eigenvalue weighted by molar-refractivity contribution is 0.447. The van der Waals surface area contributed by atoms with Gasteiger partial charge in [-0.25, -0.2) is 13.2 Å². The fourth-order valence-electron chi connectivity index (χ4n) is 2.42. The van der Waals surface area contributed by atoms with Crippen molar-refractivity contribution >= 4 is 0 Å². The normalized spacial score (nSPS) is 14.5. The molecule has 1 nitrogen and oxygen atoms in total. The van der Waals surface area contributed by atoms with E-state index in [-0.39, 0.29) is 0 Å². The maximum Gasteiger partial charge on any atom is 0.194 e. The highest BCUT2D eigenvalue weighted by atomic mass is 19.2. The maximum absolute atomic E-state index is 13.3. The first-order chi connectivity index (χ1) is 10.0. The summed E-state index contributed by atoms with van der Waals surface area (Å²) >= 11 is 0. The highest BCUT2D eigenvalue weighted by Crippen LogP contribution is 2.27. The molecule has 110 valence electrons. The van der Waals surface area contributed by atoms with E-state index in [2.05, 4.69) is 5.32 Å². The summed E-state index contributed by atoms with van der Waals surface area (Å²) in [7, 11) is 0. The Hall–Kier alpha value is -1.81. The van der Waals surface area contributed by atoms with Crippen molar-refractivity contribution in [2.45, 2.75) is 32.4 Å². The zero-order valence-corrected chi connectivity index (χ0v) is 11.7. The van der Waals surface area contributed by atoms with Gasteiger partial charge in [-0.3, -0.25) is 0 Å². The van der Waals surface area contributed by atoms with Crippen LogP contribution in [0.3, 0.4) is 0 Å². The van der Waals surface area contributed by atoms with Gasteiger partial charge in [0, 0.05) is 12.6 Å². The molecular formula is C17H16F3N. The number of halogens is 3. The van der Waals surface area contributed by atoms with Crippen LogP contribution in [0.25, 0.3) is 11.1 Å². The first kappa shape index (κ1) is 14.1. The molecule has 0 radical (unpaired) electrons. The largest absolute Gasteiger partial charge is 0.310 e.